The number of esters is 1. The summed E-state index contributed by atoms with van der Waals surface area (Å²) in [7, 11) is 0. The summed E-state index contributed by atoms with van der Waals surface area (Å²) in [6.45, 7) is 5.14. The zero-order chi connectivity index (χ0) is 18.7. The van der Waals surface area contributed by atoms with Crippen LogP contribution in [0.3, 0.4) is 0 Å². The van der Waals surface area contributed by atoms with Crippen molar-refractivity contribution in [3.8, 4) is 5.75 Å². The minimum Gasteiger partial charge on any atom is -0.482 e. The van der Waals surface area contributed by atoms with Gasteiger partial charge in [-0.05, 0) is 50.1 Å². The van der Waals surface area contributed by atoms with Crippen LogP contribution in [0, 0.1) is 20.8 Å². The van der Waals surface area contributed by atoms with Gasteiger partial charge in [0.25, 0.3) is 0 Å². The lowest BCUT2D eigenvalue weighted by atomic mass is 10.1. The molecule has 0 aliphatic heterocycles. The van der Waals surface area contributed by atoms with Gasteiger partial charge in [0.15, 0.2) is 19.0 Å². The Kier molecular flexibility index (Phi) is 5.07. The van der Waals surface area contributed by atoms with Crippen molar-refractivity contribution in [1.29, 1.82) is 0 Å². The highest BCUT2D eigenvalue weighted by Crippen LogP contribution is 2.25. The molecule has 5 nitrogen and oxygen atoms in total. The second-order valence-electron chi connectivity index (χ2n) is 6.17. The fraction of sp³-hybridized carbons (Fsp3) is 0.238. The normalized spacial score (nSPS) is 10.7. The van der Waals surface area contributed by atoms with Gasteiger partial charge in [-0.3, -0.25) is 4.79 Å². The smallest absolute Gasteiger partial charge is 0.344 e. The molecular weight excluding hydrogens is 332 g/mol. The van der Waals surface area contributed by atoms with E-state index in [1.165, 1.54) is 0 Å². The van der Waals surface area contributed by atoms with Crippen molar-refractivity contribution in [2.75, 3.05) is 13.2 Å². The Labute approximate surface area is 151 Å². The monoisotopic (exact) mass is 352 g/mol. The van der Waals surface area contributed by atoms with Crippen LogP contribution in [0.25, 0.3) is 11.0 Å². The SMILES string of the molecule is Cc1ccc(OCC(=O)OCC(=O)c2oc3ccccc3c2C)cc1C. The second kappa shape index (κ2) is 7.44. The number of benzene rings is 2. The van der Waals surface area contributed by atoms with Crippen LogP contribution in [0.5, 0.6) is 5.75 Å². The maximum atomic E-state index is 12.3. The minimum absolute atomic E-state index is 0.217. The lowest BCUT2D eigenvalue weighted by molar-refractivity contribution is -0.144. The zero-order valence-electron chi connectivity index (χ0n) is 15.0. The number of furan rings is 1. The largest absolute Gasteiger partial charge is 0.482 e. The number of ketones is 1. The first-order chi connectivity index (χ1) is 12.5. The lowest BCUT2D eigenvalue weighted by Gasteiger charge is -2.08. The van der Waals surface area contributed by atoms with Crippen molar-refractivity contribution < 1.29 is 23.5 Å². The van der Waals surface area contributed by atoms with Crippen molar-refractivity contribution in [3.63, 3.8) is 0 Å². The Balaban J connectivity index is 1.55. The average Bonchev–Trinajstić information content (AvgIpc) is 2.98. The van der Waals surface area contributed by atoms with Crippen molar-refractivity contribution in [2.45, 2.75) is 20.8 Å². The summed E-state index contributed by atoms with van der Waals surface area (Å²) in [5.41, 5.74) is 3.60. The standard InChI is InChI=1S/C21H20O5/c1-13-8-9-16(10-14(13)2)24-12-20(23)25-11-18(22)21-15(3)17-6-4-5-7-19(17)26-21/h4-10H,11-12H2,1-3H3. The molecule has 5 heteroatoms. The summed E-state index contributed by atoms with van der Waals surface area (Å²) in [4.78, 5) is 24.1. The molecular formula is C21H20O5. The summed E-state index contributed by atoms with van der Waals surface area (Å²) in [6.07, 6.45) is 0. The third kappa shape index (κ3) is 3.77. The van der Waals surface area contributed by atoms with Crippen molar-refractivity contribution >= 4 is 22.7 Å². The number of Topliss-reactive ketones (excluding diaryl/α,β-unsaturated/α-hetero) is 1. The first-order valence-electron chi connectivity index (χ1n) is 8.32. The molecule has 0 aliphatic rings. The highest BCUT2D eigenvalue weighted by molar-refractivity contribution is 6.01. The van der Waals surface area contributed by atoms with Gasteiger partial charge in [-0.15, -0.1) is 0 Å². The molecule has 1 heterocycles. The Hall–Kier alpha value is -3.08. The van der Waals surface area contributed by atoms with Crippen LogP contribution < -0.4 is 4.74 Å². The van der Waals surface area contributed by atoms with Gasteiger partial charge in [-0.25, -0.2) is 4.79 Å². The Morgan fingerprint density at radius 1 is 0.962 bits per heavy atom. The highest BCUT2D eigenvalue weighted by Gasteiger charge is 2.19. The zero-order valence-corrected chi connectivity index (χ0v) is 15.0. The molecule has 0 atom stereocenters. The number of fused-ring (bicyclic) bond motifs is 1. The van der Waals surface area contributed by atoms with Gasteiger partial charge in [-0.1, -0.05) is 24.3 Å². The molecule has 0 fully saturated rings. The molecule has 2 aromatic carbocycles. The first kappa shape index (κ1) is 17.7. The Bertz CT molecular complexity index is 968. The molecule has 0 bridgehead atoms. The quantitative estimate of drug-likeness (QED) is 0.492. The fourth-order valence-corrected chi connectivity index (χ4v) is 2.64. The molecule has 0 radical (unpaired) electrons. The topological polar surface area (TPSA) is 65.7 Å². The molecule has 26 heavy (non-hydrogen) atoms. The summed E-state index contributed by atoms with van der Waals surface area (Å²) in [5, 5.41) is 0.875. The van der Waals surface area contributed by atoms with Crippen LogP contribution in [0.4, 0.5) is 0 Å². The van der Waals surface area contributed by atoms with Gasteiger partial charge in [0.2, 0.25) is 5.78 Å². The molecule has 3 rings (SSSR count). The van der Waals surface area contributed by atoms with Crippen molar-refractivity contribution in [3.05, 3.63) is 64.9 Å². The number of para-hydroxylation sites is 1. The fourth-order valence-electron chi connectivity index (χ4n) is 2.64. The molecule has 3 aromatic rings. The molecule has 0 amide bonds. The minimum atomic E-state index is -0.606. The molecule has 1 aromatic heterocycles. The molecule has 0 unspecified atom stereocenters. The summed E-state index contributed by atoms with van der Waals surface area (Å²) in [5.74, 6) is -0.179. The van der Waals surface area contributed by atoms with E-state index in [0.717, 1.165) is 22.1 Å². The third-order valence-electron chi connectivity index (χ3n) is 4.30. The van der Waals surface area contributed by atoms with Gasteiger partial charge in [0.05, 0.1) is 0 Å². The third-order valence-corrected chi connectivity index (χ3v) is 4.30. The van der Waals surface area contributed by atoms with Crippen molar-refractivity contribution in [2.24, 2.45) is 0 Å². The van der Waals surface area contributed by atoms with Crippen LogP contribution in [0.1, 0.15) is 27.2 Å². The van der Waals surface area contributed by atoms with E-state index in [0.29, 0.717) is 11.3 Å². The predicted molar refractivity (Wildman–Crippen MR) is 97.7 cm³/mol. The number of aryl methyl sites for hydroxylation is 3. The van der Waals surface area contributed by atoms with E-state index >= 15 is 0 Å². The van der Waals surface area contributed by atoms with Crippen LogP contribution in [-0.4, -0.2) is 25.0 Å². The van der Waals surface area contributed by atoms with Crippen LogP contribution in [0.2, 0.25) is 0 Å². The summed E-state index contributed by atoms with van der Waals surface area (Å²) in [6, 6.07) is 13.0. The van der Waals surface area contributed by atoms with E-state index in [9.17, 15) is 9.59 Å². The van der Waals surface area contributed by atoms with E-state index < -0.39 is 5.97 Å². The van der Waals surface area contributed by atoms with Gasteiger partial charge >= 0.3 is 5.97 Å². The lowest BCUT2D eigenvalue weighted by Crippen LogP contribution is -2.19. The maximum Gasteiger partial charge on any atom is 0.344 e. The molecule has 134 valence electrons. The van der Waals surface area contributed by atoms with E-state index in [-0.39, 0.29) is 24.8 Å². The average molecular weight is 352 g/mol. The molecule has 0 aliphatic carbocycles. The van der Waals surface area contributed by atoms with Gasteiger partial charge in [-0.2, -0.15) is 0 Å². The van der Waals surface area contributed by atoms with E-state index in [1.54, 1.807) is 12.1 Å². The molecule has 0 spiro atoms. The predicted octanol–water partition coefficient (Wildman–Crippen LogP) is 4.16. The van der Waals surface area contributed by atoms with Gasteiger partial charge in [0, 0.05) is 10.9 Å². The first-order valence-corrected chi connectivity index (χ1v) is 8.32. The number of hydrogen-bond donors (Lipinski definition) is 0. The summed E-state index contributed by atoms with van der Waals surface area (Å²) >= 11 is 0. The van der Waals surface area contributed by atoms with Crippen LogP contribution >= 0.6 is 0 Å². The van der Waals surface area contributed by atoms with Crippen molar-refractivity contribution in [1.82, 2.24) is 0 Å². The number of ether oxygens (including phenoxy) is 2. The molecule has 0 saturated heterocycles. The maximum absolute atomic E-state index is 12.3. The Morgan fingerprint density at radius 3 is 2.46 bits per heavy atom. The van der Waals surface area contributed by atoms with Gasteiger partial charge in [0.1, 0.15) is 11.3 Å². The van der Waals surface area contributed by atoms with E-state index in [1.807, 2.05) is 51.1 Å². The molecule has 0 N–H and O–H groups in total. The summed E-state index contributed by atoms with van der Waals surface area (Å²) < 4.78 is 16.0. The molecule has 0 saturated carbocycles. The second-order valence-corrected chi connectivity index (χ2v) is 6.17. The number of carbonyl (C=O) groups excluding carboxylic acids is 2. The number of carbonyl (C=O) groups is 2. The Morgan fingerprint density at radius 2 is 1.73 bits per heavy atom. The highest BCUT2D eigenvalue weighted by atomic mass is 16.6. The van der Waals surface area contributed by atoms with Crippen LogP contribution in [0.15, 0.2) is 46.9 Å². The van der Waals surface area contributed by atoms with E-state index in [4.69, 9.17) is 13.9 Å². The number of hydrogen-bond acceptors (Lipinski definition) is 5. The van der Waals surface area contributed by atoms with Gasteiger partial charge < -0.3 is 13.9 Å². The van der Waals surface area contributed by atoms with Crippen LogP contribution in [-0.2, 0) is 9.53 Å². The van der Waals surface area contributed by atoms with E-state index in [2.05, 4.69) is 0 Å². The number of rotatable bonds is 6.